The topological polar surface area (TPSA) is 66.3 Å². The number of aromatic nitrogens is 2. The Morgan fingerprint density at radius 1 is 1.60 bits per heavy atom. The van der Waals surface area contributed by atoms with Gasteiger partial charge in [0.25, 0.3) is 0 Å². The second-order valence-electron chi connectivity index (χ2n) is 3.09. The number of carbonyl (C=O) groups is 1. The van der Waals surface area contributed by atoms with Crippen LogP contribution in [-0.2, 0) is 4.79 Å². The van der Waals surface area contributed by atoms with Gasteiger partial charge in [0.2, 0.25) is 0 Å². The molecule has 0 radical (unpaired) electrons. The van der Waals surface area contributed by atoms with Gasteiger partial charge in [0, 0.05) is 7.05 Å². The number of halogens is 1. The molecule has 1 heterocycles. The van der Waals surface area contributed by atoms with E-state index in [0.29, 0.717) is 12.2 Å². The molecule has 0 aliphatic carbocycles. The lowest BCUT2D eigenvalue weighted by atomic mass is 10.2. The van der Waals surface area contributed by atoms with Crippen molar-refractivity contribution in [3.8, 4) is 0 Å². The Kier molecular flexibility index (Phi) is 3.85. The Morgan fingerprint density at radius 2 is 2.27 bits per heavy atom. The Balaban J connectivity index is 2.87. The van der Waals surface area contributed by atoms with Crippen molar-refractivity contribution in [3.63, 3.8) is 0 Å². The molecule has 0 fully saturated rings. The maximum absolute atomic E-state index is 10.9. The van der Waals surface area contributed by atoms with Gasteiger partial charge in [-0.25, -0.2) is 4.79 Å². The highest BCUT2D eigenvalue weighted by atomic mass is 35.5. The van der Waals surface area contributed by atoms with Crippen LogP contribution in [-0.4, -0.2) is 34.4 Å². The normalized spacial score (nSPS) is 12.2. The molecule has 15 heavy (non-hydrogen) atoms. The van der Waals surface area contributed by atoms with Gasteiger partial charge in [-0.2, -0.15) is 0 Å². The summed E-state index contributed by atoms with van der Waals surface area (Å²) in [6.45, 7) is 1.80. The van der Waals surface area contributed by atoms with E-state index in [4.69, 9.17) is 16.7 Å². The molecule has 5 nitrogen and oxygen atoms in total. The molecule has 0 aliphatic rings. The van der Waals surface area contributed by atoms with E-state index in [1.54, 1.807) is 31.0 Å². The fraction of sp³-hybridized carbons (Fsp3) is 0.444. The van der Waals surface area contributed by atoms with E-state index in [1.807, 2.05) is 0 Å². The Morgan fingerprint density at radius 3 is 2.67 bits per heavy atom. The van der Waals surface area contributed by atoms with Gasteiger partial charge < -0.3 is 10.0 Å². The van der Waals surface area contributed by atoms with Crippen LogP contribution < -0.4 is 4.90 Å². The third-order valence-electron chi connectivity index (χ3n) is 2.12. The first-order valence-corrected chi connectivity index (χ1v) is 4.89. The number of carboxylic acids is 1. The van der Waals surface area contributed by atoms with Gasteiger partial charge in [-0.1, -0.05) is 18.5 Å². The third-order valence-corrected chi connectivity index (χ3v) is 2.32. The van der Waals surface area contributed by atoms with Crippen LogP contribution in [0.1, 0.15) is 13.3 Å². The predicted molar refractivity (Wildman–Crippen MR) is 57.2 cm³/mol. The number of carboxylic acid groups (broad SMARTS) is 1. The van der Waals surface area contributed by atoms with Crippen LogP contribution in [0.4, 0.5) is 5.82 Å². The highest BCUT2D eigenvalue weighted by Gasteiger charge is 2.21. The van der Waals surface area contributed by atoms with Crippen molar-refractivity contribution in [2.75, 3.05) is 11.9 Å². The van der Waals surface area contributed by atoms with E-state index in [2.05, 4.69) is 10.2 Å². The van der Waals surface area contributed by atoms with Crippen LogP contribution in [0.15, 0.2) is 12.1 Å². The maximum atomic E-state index is 10.9. The lowest BCUT2D eigenvalue weighted by Crippen LogP contribution is -2.38. The summed E-state index contributed by atoms with van der Waals surface area (Å²) < 4.78 is 0. The number of hydrogen-bond donors (Lipinski definition) is 1. The minimum atomic E-state index is -0.878. The Labute approximate surface area is 92.7 Å². The molecule has 0 spiro atoms. The number of rotatable bonds is 4. The molecule has 1 aromatic heterocycles. The van der Waals surface area contributed by atoms with Crippen molar-refractivity contribution in [2.45, 2.75) is 19.4 Å². The van der Waals surface area contributed by atoms with Gasteiger partial charge in [0.1, 0.15) is 6.04 Å². The van der Waals surface area contributed by atoms with Crippen molar-refractivity contribution < 1.29 is 9.90 Å². The van der Waals surface area contributed by atoms with Crippen LogP contribution >= 0.6 is 11.6 Å². The standard InChI is InChI=1S/C9H12ClN3O2/c1-3-6(9(14)15)13(2)8-5-4-7(10)11-12-8/h4-6H,3H2,1-2H3,(H,14,15). The fourth-order valence-corrected chi connectivity index (χ4v) is 1.37. The highest BCUT2D eigenvalue weighted by Crippen LogP contribution is 2.14. The fourth-order valence-electron chi connectivity index (χ4n) is 1.27. The zero-order valence-corrected chi connectivity index (χ0v) is 9.27. The third kappa shape index (κ3) is 2.79. The highest BCUT2D eigenvalue weighted by molar-refractivity contribution is 6.29. The van der Waals surface area contributed by atoms with Crippen LogP contribution in [0.25, 0.3) is 0 Å². The first-order chi connectivity index (χ1) is 7.06. The quantitative estimate of drug-likeness (QED) is 0.846. The van der Waals surface area contributed by atoms with Gasteiger partial charge in [0.15, 0.2) is 11.0 Å². The first-order valence-electron chi connectivity index (χ1n) is 4.51. The summed E-state index contributed by atoms with van der Waals surface area (Å²) in [6.07, 6.45) is 0.496. The second-order valence-corrected chi connectivity index (χ2v) is 3.47. The van der Waals surface area contributed by atoms with Crippen LogP contribution in [0.5, 0.6) is 0 Å². The number of aliphatic carboxylic acids is 1. The molecule has 1 N–H and O–H groups in total. The van der Waals surface area contributed by atoms with Crippen molar-refractivity contribution >= 4 is 23.4 Å². The molecule has 1 atom stereocenters. The molecule has 82 valence electrons. The van der Waals surface area contributed by atoms with E-state index in [0.717, 1.165) is 0 Å². The van der Waals surface area contributed by atoms with Crippen LogP contribution in [0, 0.1) is 0 Å². The smallest absolute Gasteiger partial charge is 0.326 e. The molecule has 1 rings (SSSR count). The van der Waals surface area contributed by atoms with Gasteiger partial charge in [-0.15, -0.1) is 10.2 Å². The van der Waals surface area contributed by atoms with Crippen molar-refractivity contribution in [2.24, 2.45) is 0 Å². The summed E-state index contributed by atoms with van der Waals surface area (Å²) in [5.41, 5.74) is 0. The minimum Gasteiger partial charge on any atom is -0.480 e. The van der Waals surface area contributed by atoms with E-state index >= 15 is 0 Å². The molecule has 0 amide bonds. The van der Waals surface area contributed by atoms with E-state index in [9.17, 15) is 4.79 Å². The molecule has 0 saturated carbocycles. The molecule has 1 unspecified atom stereocenters. The van der Waals surface area contributed by atoms with Crippen LogP contribution in [0.2, 0.25) is 5.15 Å². The van der Waals surface area contributed by atoms with Gasteiger partial charge in [0.05, 0.1) is 0 Å². The molecular formula is C9H12ClN3O2. The Hall–Kier alpha value is -1.36. The SMILES string of the molecule is CCC(C(=O)O)N(C)c1ccc(Cl)nn1. The zero-order valence-electron chi connectivity index (χ0n) is 8.51. The van der Waals surface area contributed by atoms with Crippen molar-refractivity contribution in [1.82, 2.24) is 10.2 Å². The number of hydrogen-bond acceptors (Lipinski definition) is 4. The first kappa shape index (κ1) is 11.7. The molecule has 0 aromatic carbocycles. The molecule has 0 bridgehead atoms. The maximum Gasteiger partial charge on any atom is 0.326 e. The lowest BCUT2D eigenvalue weighted by molar-refractivity contribution is -0.138. The second kappa shape index (κ2) is 4.93. The molecule has 1 aromatic rings. The van der Waals surface area contributed by atoms with E-state index in [-0.39, 0.29) is 5.15 Å². The average Bonchev–Trinajstić information content (AvgIpc) is 2.19. The Bertz CT molecular complexity index is 342. The van der Waals surface area contributed by atoms with Gasteiger partial charge in [-0.3, -0.25) is 0 Å². The molecular weight excluding hydrogens is 218 g/mol. The summed E-state index contributed by atoms with van der Waals surface area (Å²) >= 11 is 5.58. The molecule has 0 aliphatic heterocycles. The largest absolute Gasteiger partial charge is 0.480 e. The summed E-state index contributed by atoms with van der Waals surface area (Å²) in [5.74, 6) is -0.384. The van der Waals surface area contributed by atoms with Gasteiger partial charge >= 0.3 is 5.97 Å². The molecule has 6 heteroatoms. The van der Waals surface area contributed by atoms with E-state index in [1.165, 1.54) is 0 Å². The van der Waals surface area contributed by atoms with Crippen molar-refractivity contribution in [1.29, 1.82) is 0 Å². The number of anilines is 1. The monoisotopic (exact) mass is 229 g/mol. The summed E-state index contributed by atoms with van der Waals surface area (Å²) in [7, 11) is 1.67. The van der Waals surface area contributed by atoms with Crippen molar-refractivity contribution in [3.05, 3.63) is 17.3 Å². The predicted octanol–water partition coefficient (Wildman–Crippen LogP) is 1.43. The summed E-state index contributed by atoms with van der Waals surface area (Å²) in [4.78, 5) is 12.5. The zero-order chi connectivity index (χ0) is 11.4. The lowest BCUT2D eigenvalue weighted by Gasteiger charge is -2.23. The number of nitrogens with zero attached hydrogens (tertiary/aromatic N) is 3. The van der Waals surface area contributed by atoms with Crippen LogP contribution in [0.3, 0.4) is 0 Å². The van der Waals surface area contributed by atoms with E-state index < -0.39 is 12.0 Å². The van der Waals surface area contributed by atoms with Gasteiger partial charge in [-0.05, 0) is 18.6 Å². The minimum absolute atomic E-state index is 0.288. The average molecular weight is 230 g/mol. The molecule has 0 saturated heterocycles. The number of likely N-dealkylation sites (N-methyl/N-ethyl adjacent to an activating group) is 1. The summed E-state index contributed by atoms with van der Waals surface area (Å²) in [6, 6.07) is 2.62. The summed E-state index contributed by atoms with van der Waals surface area (Å²) in [5, 5.41) is 16.7.